The average molecular weight is 592 g/mol. The fourth-order valence-electron chi connectivity index (χ4n) is 5.07. The van der Waals surface area contributed by atoms with Gasteiger partial charge in [0.05, 0.1) is 38.9 Å². The molecule has 5 rings (SSSR count). The molecule has 42 heavy (non-hydrogen) atoms. The number of nitrogens with zero attached hydrogens (tertiary/aromatic N) is 3. The Morgan fingerprint density at radius 1 is 1.19 bits per heavy atom. The number of benzene rings is 1. The molecule has 1 aliphatic heterocycles. The summed E-state index contributed by atoms with van der Waals surface area (Å²) in [5.41, 5.74) is 1.99. The Morgan fingerprint density at radius 2 is 1.95 bits per heavy atom. The third-order valence-electron chi connectivity index (χ3n) is 7.05. The molecule has 11 nitrogen and oxygen atoms in total. The van der Waals surface area contributed by atoms with E-state index in [0.29, 0.717) is 37.7 Å². The standard InChI is InChI=1S/C30H29N3O8S/c1-6-40-29(35)26-17(3)31-30-32(27(26)18-8-11-23(38-4)24(14-18)39-5)28(34)25(42-30)15-19-9-12-22(41-19)20-10-7-16(2)13-21(20)33(36)37/h7-15,23-24,27H,6H2,1-5H3/b25-15-. The van der Waals surface area contributed by atoms with Crippen molar-refractivity contribution in [1.82, 2.24) is 4.57 Å². The number of hydrogen-bond donors (Lipinski definition) is 0. The summed E-state index contributed by atoms with van der Waals surface area (Å²) >= 11 is 1.15. The fourth-order valence-corrected chi connectivity index (χ4v) is 6.09. The molecule has 0 N–H and O–H groups in total. The molecule has 1 aliphatic carbocycles. The zero-order valence-corrected chi connectivity index (χ0v) is 24.5. The second kappa shape index (κ2) is 11.8. The maximum absolute atomic E-state index is 13.9. The van der Waals surface area contributed by atoms with Crippen molar-refractivity contribution in [1.29, 1.82) is 0 Å². The molecule has 0 fully saturated rings. The van der Waals surface area contributed by atoms with Gasteiger partial charge in [-0.2, -0.15) is 0 Å². The number of methoxy groups -OCH3 is 2. The summed E-state index contributed by atoms with van der Waals surface area (Å²) in [4.78, 5) is 43.2. The first-order valence-corrected chi connectivity index (χ1v) is 14.0. The Kier molecular flexibility index (Phi) is 8.21. The number of hydrogen-bond acceptors (Lipinski definition) is 10. The Bertz CT molecular complexity index is 1840. The molecule has 3 unspecified atom stereocenters. The van der Waals surface area contributed by atoms with Gasteiger partial charge in [0.2, 0.25) is 0 Å². The smallest absolute Gasteiger partial charge is 0.338 e. The number of allylic oxidation sites excluding steroid dienone is 3. The highest BCUT2D eigenvalue weighted by molar-refractivity contribution is 7.07. The highest BCUT2D eigenvalue weighted by atomic mass is 32.1. The third kappa shape index (κ3) is 5.31. The summed E-state index contributed by atoms with van der Waals surface area (Å²) in [5.74, 6) is 0.0718. The van der Waals surface area contributed by atoms with Crippen LogP contribution in [0.25, 0.3) is 17.4 Å². The summed E-state index contributed by atoms with van der Waals surface area (Å²) in [6, 6.07) is 7.35. The number of carbonyl (C=O) groups excluding carboxylic acids is 1. The van der Waals surface area contributed by atoms with Crippen LogP contribution in [0.3, 0.4) is 0 Å². The second-order valence-electron chi connectivity index (χ2n) is 9.71. The third-order valence-corrected chi connectivity index (χ3v) is 8.03. The van der Waals surface area contributed by atoms with Crippen LogP contribution in [0.1, 0.15) is 31.2 Å². The van der Waals surface area contributed by atoms with E-state index in [1.165, 1.54) is 10.6 Å². The summed E-state index contributed by atoms with van der Waals surface area (Å²) in [6.07, 6.45) is 6.28. The van der Waals surface area contributed by atoms with Crippen LogP contribution in [0.2, 0.25) is 0 Å². The summed E-state index contributed by atoms with van der Waals surface area (Å²) in [5, 5.41) is 11.6. The molecule has 1 aromatic carbocycles. The number of nitro groups is 1. The summed E-state index contributed by atoms with van der Waals surface area (Å²) in [7, 11) is 3.14. The topological polar surface area (TPSA) is 135 Å². The van der Waals surface area contributed by atoms with Crippen molar-refractivity contribution in [2.75, 3.05) is 20.8 Å². The Balaban J connectivity index is 1.63. The van der Waals surface area contributed by atoms with E-state index in [-0.39, 0.29) is 29.5 Å². The minimum Gasteiger partial charge on any atom is -0.463 e. The van der Waals surface area contributed by atoms with Crippen LogP contribution in [0, 0.1) is 17.0 Å². The molecule has 3 aromatic rings. The number of carbonyl (C=O) groups is 1. The highest BCUT2D eigenvalue weighted by Gasteiger charge is 2.36. The molecule has 218 valence electrons. The first kappa shape index (κ1) is 29.1. The molecule has 0 radical (unpaired) electrons. The van der Waals surface area contributed by atoms with Crippen LogP contribution in [0.5, 0.6) is 0 Å². The quantitative estimate of drug-likeness (QED) is 0.220. The van der Waals surface area contributed by atoms with E-state index in [4.69, 9.17) is 18.6 Å². The van der Waals surface area contributed by atoms with Gasteiger partial charge >= 0.3 is 5.97 Å². The van der Waals surface area contributed by atoms with E-state index < -0.39 is 23.0 Å². The van der Waals surface area contributed by atoms with Gasteiger partial charge < -0.3 is 18.6 Å². The number of fused-ring (bicyclic) bond motifs is 1. The molecular weight excluding hydrogens is 562 g/mol. The lowest BCUT2D eigenvalue weighted by Crippen LogP contribution is -2.41. The maximum Gasteiger partial charge on any atom is 0.338 e. The molecule has 0 spiro atoms. The van der Waals surface area contributed by atoms with Crippen LogP contribution in [0.15, 0.2) is 79.6 Å². The number of nitro benzene ring substituents is 1. The molecule has 12 heteroatoms. The lowest BCUT2D eigenvalue weighted by atomic mass is 9.90. The number of aromatic nitrogens is 1. The zero-order valence-electron chi connectivity index (χ0n) is 23.7. The van der Waals surface area contributed by atoms with Crippen molar-refractivity contribution in [3.8, 4) is 11.3 Å². The molecule has 0 amide bonds. The van der Waals surface area contributed by atoms with Crippen molar-refractivity contribution in [2.24, 2.45) is 4.99 Å². The van der Waals surface area contributed by atoms with E-state index in [1.54, 1.807) is 65.3 Å². The monoisotopic (exact) mass is 591 g/mol. The Hall–Kier alpha value is -4.39. The van der Waals surface area contributed by atoms with E-state index in [9.17, 15) is 19.7 Å². The van der Waals surface area contributed by atoms with Gasteiger partial charge in [-0.25, -0.2) is 9.79 Å². The van der Waals surface area contributed by atoms with E-state index >= 15 is 0 Å². The first-order valence-electron chi connectivity index (χ1n) is 13.2. The maximum atomic E-state index is 13.9. The van der Waals surface area contributed by atoms with Crippen molar-refractivity contribution in [3.05, 3.63) is 107 Å². The molecule has 2 aromatic heterocycles. The van der Waals surface area contributed by atoms with Gasteiger partial charge in [0.25, 0.3) is 11.2 Å². The predicted molar refractivity (Wildman–Crippen MR) is 156 cm³/mol. The van der Waals surface area contributed by atoms with Gasteiger partial charge in [0, 0.05) is 26.4 Å². The number of furan rings is 1. The first-order chi connectivity index (χ1) is 20.2. The predicted octanol–water partition coefficient (Wildman–Crippen LogP) is 3.75. The van der Waals surface area contributed by atoms with Gasteiger partial charge in [-0.3, -0.25) is 19.5 Å². The van der Waals surface area contributed by atoms with E-state index in [1.807, 2.05) is 18.2 Å². The second-order valence-corrected chi connectivity index (χ2v) is 10.7. The molecular formula is C30H29N3O8S. The van der Waals surface area contributed by atoms with Gasteiger partial charge in [-0.15, -0.1) is 0 Å². The van der Waals surface area contributed by atoms with E-state index in [0.717, 1.165) is 16.9 Å². The van der Waals surface area contributed by atoms with Gasteiger partial charge in [0.1, 0.15) is 23.7 Å². The molecule has 3 heterocycles. The lowest BCUT2D eigenvalue weighted by molar-refractivity contribution is -0.384. The minimum atomic E-state index is -0.809. The summed E-state index contributed by atoms with van der Waals surface area (Å²) in [6.45, 7) is 5.36. The summed E-state index contributed by atoms with van der Waals surface area (Å²) < 4.78 is 24.2. The normalized spacial score (nSPS) is 20.3. The number of rotatable bonds is 8. The average Bonchev–Trinajstić information content (AvgIpc) is 3.55. The number of ether oxygens (including phenoxy) is 3. The fraction of sp³-hybridized carbons (Fsp3) is 0.300. The molecule has 2 aliphatic rings. The van der Waals surface area contributed by atoms with Gasteiger partial charge in [0.15, 0.2) is 4.80 Å². The number of thiazole rings is 1. The largest absolute Gasteiger partial charge is 0.463 e. The van der Waals surface area contributed by atoms with Crippen molar-refractivity contribution >= 4 is 29.1 Å². The van der Waals surface area contributed by atoms with Crippen molar-refractivity contribution in [2.45, 2.75) is 39.0 Å². The Morgan fingerprint density at radius 3 is 2.64 bits per heavy atom. The van der Waals surface area contributed by atoms with E-state index in [2.05, 4.69) is 4.99 Å². The zero-order chi connectivity index (χ0) is 30.1. The van der Waals surface area contributed by atoms with Crippen LogP contribution >= 0.6 is 11.3 Å². The van der Waals surface area contributed by atoms with Gasteiger partial charge in [-0.05, 0) is 56.2 Å². The lowest BCUT2D eigenvalue weighted by Gasteiger charge is -2.30. The number of esters is 1. The molecule has 0 saturated carbocycles. The number of aryl methyl sites for hydroxylation is 1. The minimum absolute atomic E-state index is 0.0730. The van der Waals surface area contributed by atoms with Crippen molar-refractivity contribution < 1.29 is 28.3 Å². The van der Waals surface area contributed by atoms with Gasteiger partial charge in [-0.1, -0.05) is 29.6 Å². The Labute approximate surface area is 244 Å². The van der Waals surface area contributed by atoms with Crippen LogP contribution in [-0.4, -0.2) is 48.5 Å². The molecule has 0 bridgehead atoms. The van der Waals surface area contributed by atoms with Crippen LogP contribution in [-0.2, 0) is 19.0 Å². The van der Waals surface area contributed by atoms with Crippen LogP contribution in [0.4, 0.5) is 5.69 Å². The molecule has 3 atom stereocenters. The molecule has 0 saturated heterocycles. The SMILES string of the molecule is CCOC(=O)C1=C(C)N=c2s/c(=C\c3ccc(-c4ccc(C)cc4[N+](=O)[O-])o3)c(=O)n2C1C1=CC(OC)C(OC)C=C1. The highest BCUT2D eigenvalue weighted by Crippen LogP contribution is 2.35. The van der Waals surface area contributed by atoms with Crippen LogP contribution < -0.4 is 14.9 Å². The van der Waals surface area contributed by atoms with Crippen molar-refractivity contribution in [3.63, 3.8) is 0 Å².